The number of nitro groups is 1. The van der Waals surface area contributed by atoms with E-state index in [0.29, 0.717) is 17.9 Å². The van der Waals surface area contributed by atoms with E-state index >= 15 is 0 Å². The molecule has 26 heavy (non-hydrogen) atoms. The van der Waals surface area contributed by atoms with Gasteiger partial charge in [0.1, 0.15) is 5.75 Å². The van der Waals surface area contributed by atoms with Gasteiger partial charge in [0.05, 0.1) is 18.0 Å². The molecule has 0 fully saturated rings. The highest BCUT2D eigenvalue weighted by molar-refractivity contribution is 5.92. The van der Waals surface area contributed by atoms with Gasteiger partial charge in [-0.25, -0.2) is 0 Å². The highest BCUT2D eigenvalue weighted by atomic mass is 16.6. The van der Waals surface area contributed by atoms with Gasteiger partial charge in [0.2, 0.25) is 5.91 Å². The molecule has 2 aromatic rings. The fourth-order valence-corrected chi connectivity index (χ4v) is 2.57. The van der Waals surface area contributed by atoms with E-state index < -0.39 is 4.92 Å². The van der Waals surface area contributed by atoms with Gasteiger partial charge in [-0.2, -0.15) is 0 Å². The van der Waals surface area contributed by atoms with Gasteiger partial charge in [-0.05, 0) is 30.7 Å². The first-order valence-electron chi connectivity index (χ1n) is 8.85. The molecule has 0 unspecified atom stereocenters. The summed E-state index contributed by atoms with van der Waals surface area (Å²) in [6, 6.07) is 13.4. The Kier molecular flexibility index (Phi) is 7.61. The molecule has 0 aromatic heterocycles. The molecule has 2 rings (SSSR count). The predicted molar refractivity (Wildman–Crippen MR) is 102 cm³/mol. The average molecular weight is 356 g/mol. The molecule has 0 heterocycles. The fourth-order valence-electron chi connectivity index (χ4n) is 2.57. The Morgan fingerprint density at radius 3 is 2.50 bits per heavy atom. The fraction of sp³-hybridized carbons (Fsp3) is 0.350. The first-order chi connectivity index (χ1) is 12.6. The number of rotatable bonds is 10. The topological polar surface area (TPSA) is 81.5 Å². The van der Waals surface area contributed by atoms with E-state index in [2.05, 4.69) is 12.2 Å². The number of nitro benzene ring substituents is 1. The second-order valence-electron chi connectivity index (χ2n) is 6.04. The summed E-state index contributed by atoms with van der Waals surface area (Å²) >= 11 is 0. The summed E-state index contributed by atoms with van der Waals surface area (Å²) in [5.74, 6) is 0.464. The molecular formula is C20H24N2O4. The lowest BCUT2D eigenvalue weighted by molar-refractivity contribution is -0.385. The van der Waals surface area contributed by atoms with Crippen LogP contribution in [0.2, 0.25) is 0 Å². The highest BCUT2D eigenvalue weighted by Gasteiger charge is 2.15. The third kappa shape index (κ3) is 6.20. The van der Waals surface area contributed by atoms with Crippen molar-refractivity contribution in [3.8, 4) is 5.75 Å². The number of unbranched alkanes of at least 4 members (excludes halogenated alkanes) is 3. The van der Waals surface area contributed by atoms with E-state index in [0.717, 1.165) is 18.6 Å². The van der Waals surface area contributed by atoms with Crippen molar-refractivity contribution in [1.29, 1.82) is 0 Å². The Labute approximate surface area is 153 Å². The Bertz CT molecular complexity index is 729. The summed E-state index contributed by atoms with van der Waals surface area (Å²) < 4.78 is 5.66. The number of amides is 1. The molecule has 0 aliphatic heterocycles. The molecule has 6 nitrogen and oxygen atoms in total. The van der Waals surface area contributed by atoms with Gasteiger partial charge in [0.15, 0.2) is 0 Å². The van der Waals surface area contributed by atoms with Gasteiger partial charge in [0, 0.05) is 17.3 Å². The number of ether oxygens (including phenoxy) is 1. The third-order valence-corrected chi connectivity index (χ3v) is 3.94. The summed E-state index contributed by atoms with van der Waals surface area (Å²) in [7, 11) is 0. The molecule has 0 radical (unpaired) electrons. The first kappa shape index (κ1) is 19.4. The number of hydrogen-bond donors (Lipinski definition) is 1. The maximum Gasteiger partial charge on any atom is 0.273 e. The highest BCUT2D eigenvalue weighted by Crippen LogP contribution is 2.20. The lowest BCUT2D eigenvalue weighted by Gasteiger charge is -2.08. The Morgan fingerprint density at radius 2 is 1.81 bits per heavy atom. The molecule has 6 heteroatoms. The minimum Gasteiger partial charge on any atom is -0.494 e. The van der Waals surface area contributed by atoms with Gasteiger partial charge < -0.3 is 10.1 Å². The quantitative estimate of drug-likeness (QED) is 0.379. The number of nitrogens with one attached hydrogen (secondary N) is 1. The maximum absolute atomic E-state index is 12.1. The lowest BCUT2D eigenvalue weighted by Crippen LogP contribution is -2.15. The SMILES string of the molecule is CCCCCCOc1ccc(NC(=O)Cc2ccccc2[N+](=O)[O-])cc1. The van der Waals surface area contributed by atoms with E-state index in [1.54, 1.807) is 42.5 Å². The van der Waals surface area contributed by atoms with E-state index in [1.165, 1.54) is 18.9 Å². The average Bonchev–Trinajstić information content (AvgIpc) is 2.63. The minimum atomic E-state index is -0.477. The van der Waals surface area contributed by atoms with Crippen molar-refractivity contribution in [2.45, 2.75) is 39.0 Å². The summed E-state index contributed by atoms with van der Waals surface area (Å²) in [4.78, 5) is 22.7. The molecule has 0 saturated heterocycles. The zero-order valence-electron chi connectivity index (χ0n) is 14.9. The standard InChI is InChI=1S/C20H24N2O4/c1-2-3-4-7-14-26-18-12-10-17(11-13-18)21-20(23)15-16-8-5-6-9-19(16)22(24)25/h5-6,8-13H,2-4,7,14-15H2,1H3,(H,21,23). The molecule has 0 aliphatic carbocycles. The van der Waals surface area contributed by atoms with E-state index in [-0.39, 0.29) is 18.0 Å². The molecular weight excluding hydrogens is 332 g/mol. The Balaban J connectivity index is 1.85. The van der Waals surface area contributed by atoms with Gasteiger partial charge in [-0.15, -0.1) is 0 Å². The molecule has 0 spiro atoms. The van der Waals surface area contributed by atoms with Crippen molar-refractivity contribution < 1.29 is 14.5 Å². The van der Waals surface area contributed by atoms with Crippen molar-refractivity contribution in [1.82, 2.24) is 0 Å². The smallest absolute Gasteiger partial charge is 0.273 e. The van der Waals surface area contributed by atoms with Crippen molar-refractivity contribution in [2.75, 3.05) is 11.9 Å². The number of nitrogens with zero attached hydrogens (tertiary/aromatic N) is 1. The van der Waals surface area contributed by atoms with Crippen LogP contribution in [0, 0.1) is 10.1 Å². The van der Waals surface area contributed by atoms with Crippen LogP contribution >= 0.6 is 0 Å². The molecule has 138 valence electrons. The van der Waals surface area contributed by atoms with Gasteiger partial charge >= 0.3 is 0 Å². The number of anilines is 1. The van der Waals surface area contributed by atoms with Crippen LogP contribution in [0.5, 0.6) is 5.75 Å². The number of benzene rings is 2. The van der Waals surface area contributed by atoms with Crippen LogP contribution in [-0.4, -0.2) is 17.4 Å². The number of carbonyl (C=O) groups excluding carboxylic acids is 1. The monoisotopic (exact) mass is 356 g/mol. The van der Waals surface area contributed by atoms with Crippen LogP contribution < -0.4 is 10.1 Å². The van der Waals surface area contributed by atoms with Gasteiger partial charge in [-0.1, -0.05) is 44.4 Å². The first-order valence-corrected chi connectivity index (χ1v) is 8.85. The Hall–Kier alpha value is -2.89. The molecule has 0 saturated carbocycles. The Morgan fingerprint density at radius 1 is 1.08 bits per heavy atom. The molecule has 0 bridgehead atoms. The largest absolute Gasteiger partial charge is 0.494 e. The van der Waals surface area contributed by atoms with Crippen LogP contribution in [-0.2, 0) is 11.2 Å². The number of hydrogen-bond acceptors (Lipinski definition) is 4. The van der Waals surface area contributed by atoms with Gasteiger partial charge in [0.25, 0.3) is 5.69 Å². The van der Waals surface area contributed by atoms with E-state index in [1.807, 2.05) is 0 Å². The second-order valence-corrected chi connectivity index (χ2v) is 6.04. The maximum atomic E-state index is 12.1. The minimum absolute atomic E-state index is 0.0468. The molecule has 0 aliphatic rings. The molecule has 1 N–H and O–H groups in total. The van der Waals surface area contributed by atoms with Crippen LogP contribution in [0.25, 0.3) is 0 Å². The number of carbonyl (C=O) groups is 1. The molecule has 0 atom stereocenters. The molecule has 1 amide bonds. The van der Waals surface area contributed by atoms with Gasteiger partial charge in [-0.3, -0.25) is 14.9 Å². The van der Waals surface area contributed by atoms with Crippen molar-refractivity contribution in [3.63, 3.8) is 0 Å². The summed E-state index contributed by atoms with van der Waals surface area (Å²) in [6.07, 6.45) is 4.56. The van der Waals surface area contributed by atoms with Crippen molar-refractivity contribution in [2.24, 2.45) is 0 Å². The third-order valence-electron chi connectivity index (χ3n) is 3.94. The van der Waals surface area contributed by atoms with Crippen LogP contribution in [0.1, 0.15) is 38.2 Å². The lowest BCUT2D eigenvalue weighted by atomic mass is 10.1. The van der Waals surface area contributed by atoms with Crippen LogP contribution in [0.3, 0.4) is 0 Å². The van der Waals surface area contributed by atoms with Crippen molar-refractivity contribution >= 4 is 17.3 Å². The van der Waals surface area contributed by atoms with Crippen molar-refractivity contribution in [3.05, 3.63) is 64.2 Å². The summed E-state index contributed by atoms with van der Waals surface area (Å²) in [5, 5.41) is 13.8. The molecule has 2 aromatic carbocycles. The second kappa shape index (κ2) is 10.2. The zero-order valence-corrected chi connectivity index (χ0v) is 14.9. The van der Waals surface area contributed by atoms with E-state index in [4.69, 9.17) is 4.74 Å². The zero-order chi connectivity index (χ0) is 18.8. The normalized spacial score (nSPS) is 10.3. The predicted octanol–water partition coefficient (Wildman–Crippen LogP) is 4.74. The summed E-state index contributed by atoms with van der Waals surface area (Å²) in [5.41, 5.74) is 0.975. The van der Waals surface area contributed by atoms with Crippen LogP contribution in [0.15, 0.2) is 48.5 Å². The van der Waals surface area contributed by atoms with Crippen LogP contribution in [0.4, 0.5) is 11.4 Å². The summed E-state index contributed by atoms with van der Waals surface area (Å²) in [6.45, 7) is 2.85. The number of para-hydroxylation sites is 1. The van der Waals surface area contributed by atoms with E-state index in [9.17, 15) is 14.9 Å².